The summed E-state index contributed by atoms with van der Waals surface area (Å²) in [4.78, 5) is 0. The normalized spacial score (nSPS) is 12.2. The van der Waals surface area contributed by atoms with Crippen molar-refractivity contribution in [1.82, 2.24) is 4.57 Å². The van der Waals surface area contributed by atoms with E-state index < -0.39 is 0 Å². The SMILES string of the molecule is C=Cc1oc2ccc(-c3ccc4c(c3)c3c5cccc6c5c(cc3n4-c3ccc4sc5ccccc5c4c3)-c3ccccc3-6)cc2c1C=C. The standard InChI is InChI=1S/C46H27NOS/c1-3-29-35-22-27(17-20-42(35)48-41(29)4-2)26-16-19-39-38(23-26)46-34-14-9-13-33-30-10-5-6-11-31(30)37(45(33)34)25-40(46)47(39)28-18-21-44-36(24-28)32-12-7-8-15-43(32)49-44/h3-25H,1-2H2. The first-order chi connectivity index (χ1) is 24.2. The molecule has 3 heterocycles. The molecular formula is C46H27NOS. The average Bonchev–Trinajstić information content (AvgIpc) is 3.89. The summed E-state index contributed by atoms with van der Waals surface area (Å²) in [6, 6.07) is 47.2. The fraction of sp³-hybridized carbons (Fsp3) is 0. The monoisotopic (exact) mass is 641 g/mol. The molecule has 3 aromatic heterocycles. The Balaban J connectivity index is 1.25. The lowest BCUT2D eigenvalue weighted by molar-refractivity contribution is 0.603. The molecule has 7 aromatic carbocycles. The van der Waals surface area contributed by atoms with Gasteiger partial charge in [0.1, 0.15) is 11.3 Å². The van der Waals surface area contributed by atoms with E-state index in [1.165, 1.54) is 80.7 Å². The summed E-state index contributed by atoms with van der Waals surface area (Å²) in [6.07, 6.45) is 3.62. The Bertz CT molecular complexity index is 3090. The first kappa shape index (κ1) is 26.9. The van der Waals surface area contributed by atoms with Crippen LogP contribution in [0, 0.1) is 0 Å². The van der Waals surface area contributed by atoms with Gasteiger partial charge < -0.3 is 8.98 Å². The first-order valence-corrected chi connectivity index (χ1v) is 17.4. The van der Waals surface area contributed by atoms with Crippen LogP contribution in [0.25, 0.3) is 115 Å². The number of benzene rings is 7. The topological polar surface area (TPSA) is 18.1 Å². The van der Waals surface area contributed by atoms with Crippen molar-refractivity contribution in [3.05, 3.63) is 152 Å². The predicted molar refractivity (Wildman–Crippen MR) is 211 cm³/mol. The van der Waals surface area contributed by atoms with Gasteiger partial charge in [-0.25, -0.2) is 0 Å². The Hall–Kier alpha value is -6.16. The average molecular weight is 642 g/mol. The number of nitrogens with zero attached hydrogens (tertiary/aromatic N) is 1. The molecule has 1 aliphatic rings. The highest BCUT2D eigenvalue weighted by Gasteiger charge is 2.26. The van der Waals surface area contributed by atoms with E-state index in [2.05, 4.69) is 145 Å². The van der Waals surface area contributed by atoms with Gasteiger partial charge in [-0.3, -0.25) is 0 Å². The van der Waals surface area contributed by atoms with Crippen molar-refractivity contribution in [3.63, 3.8) is 0 Å². The minimum absolute atomic E-state index is 0.751. The zero-order valence-corrected chi connectivity index (χ0v) is 27.3. The number of hydrogen-bond acceptors (Lipinski definition) is 2. The Labute approximate surface area is 286 Å². The highest BCUT2D eigenvalue weighted by atomic mass is 32.1. The van der Waals surface area contributed by atoms with E-state index in [4.69, 9.17) is 4.42 Å². The van der Waals surface area contributed by atoms with Crippen LogP contribution in [0.5, 0.6) is 0 Å². The van der Waals surface area contributed by atoms with E-state index >= 15 is 0 Å². The van der Waals surface area contributed by atoms with Gasteiger partial charge in [0, 0.05) is 47.6 Å². The van der Waals surface area contributed by atoms with E-state index in [1.807, 2.05) is 17.4 Å². The third-order valence-electron chi connectivity index (χ3n) is 10.5. The molecule has 0 N–H and O–H groups in total. The van der Waals surface area contributed by atoms with E-state index in [9.17, 15) is 0 Å². The molecule has 1 aliphatic carbocycles. The van der Waals surface area contributed by atoms with E-state index in [-0.39, 0.29) is 0 Å². The summed E-state index contributed by atoms with van der Waals surface area (Å²) in [5.74, 6) is 0.751. The number of aromatic nitrogens is 1. The van der Waals surface area contributed by atoms with Gasteiger partial charge in [-0.1, -0.05) is 92.0 Å². The molecule has 0 radical (unpaired) electrons. The lowest BCUT2D eigenvalue weighted by atomic mass is 9.96. The molecule has 49 heavy (non-hydrogen) atoms. The lowest BCUT2D eigenvalue weighted by Gasteiger charge is -2.11. The van der Waals surface area contributed by atoms with E-state index in [0.29, 0.717) is 0 Å². The number of hydrogen-bond donors (Lipinski definition) is 0. The van der Waals surface area contributed by atoms with Gasteiger partial charge in [0.05, 0.1) is 11.0 Å². The number of furan rings is 1. The molecule has 0 spiro atoms. The van der Waals surface area contributed by atoms with Crippen molar-refractivity contribution in [3.8, 4) is 39.1 Å². The molecule has 2 nitrogen and oxygen atoms in total. The van der Waals surface area contributed by atoms with E-state index in [1.54, 1.807) is 6.08 Å². The maximum atomic E-state index is 6.07. The van der Waals surface area contributed by atoms with Crippen molar-refractivity contribution in [2.75, 3.05) is 0 Å². The van der Waals surface area contributed by atoms with Crippen LogP contribution in [0.3, 0.4) is 0 Å². The third-order valence-corrected chi connectivity index (χ3v) is 11.6. The summed E-state index contributed by atoms with van der Waals surface area (Å²) < 4.78 is 11.2. The third kappa shape index (κ3) is 3.55. The van der Waals surface area contributed by atoms with Crippen molar-refractivity contribution >= 4 is 87.2 Å². The van der Waals surface area contributed by atoms with Gasteiger partial charge in [0.25, 0.3) is 0 Å². The summed E-state index contributed by atoms with van der Waals surface area (Å²) in [5.41, 5.74) is 12.9. The number of thiophene rings is 1. The molecule has 0 fully saturated rings. The Morgan fingerprint density at radius 1 is 0.510 bits per heavy atom. The van der Waals surface area contributed by atoms with Crippen LogP contribution in [-0.4, -0.2) is 4.57 Å². The Kier molecular flexibility index (Phi) is 5.31. The van der Waals surface area contributed by atoms with Crippen LogP contribution in [0.4, 0.5) is 0 Å². The Morgan fingerprint density at radius 2 is 1.24 bits per heavy atom. The van der Waals surface area contributed by atoms with Gasteiger partial charge >= 0.3 is 0 Å². The second-order valence-electron chi connectivity index (χ2n) is 12.9. The molecule has 3 heteroatoms. The van der Waals surface area contributed by atoms with Gasteiger partial charge in [-0.2, -0.15) is 0 Å². The highest BCUT2D eigenvalue weighted by molar-refractivity contribution is 7.25. The fourth-order valence-corrected chi connectivity index (χ4v) is 9.45. The van der Waals surface area contributed by atoms with Crippen LogP contribution in [-0.2, 0) is 0 Å². The number of fused-ring (bicyclic) bond motifs is 11. The minimum atomic E-state index is 0.751. The molecule has 228 valence electrons. The smallest absolute Gasteiger partial charge is 0.135 e. The minimum Gasteiger partial charge on any atom is -0.456 e. The predicted octanol–water partition coefficient (Wildman–Crippen LogP) is 13.7. The highest BCUT2D eigenvalue weighted by Crippen LogP contribution is 2.51. The summed E-state index contributed by atoms with van der Waals surface area (Å²) in [6.45, 7) is 8.00. The van der Waals surface area contributed by atoms with Gasteiger partial charge in [-0.05, 0) is 105 Å². The molecule has 10 aromatic rings. The van der Waals surface area contributed by atoms with Crippen molar-refractivity contribution in [2.45, 2.75) is 0 Å². The first-order valence-electron chi connectivity index (χ1n) is 16.6. The number of rotatable bonds is 4. The summed E-state index contributed by atoms with van der Waals surface area (Å²) in [7, 11) is 0. The van der Waals surface area contributed by atoms with Crippen molar-refractivity contribution < 1.29 is 4.42 Å². The quantitative estimate of drug-likeness (QED) is 0.187. The van der Waals surface area contributed by atoms with E-state index in [0.717, 1.165) is 33.4 Å². The fourth-order valence-electron chi connectivity index (χ4n) is 8.37. The van der Waals surface area contributed by atoms with Crippen LogP contribution < -0.4 is 0 Å². The zero-order chi connectivity index (χ0) is 32.4. The molecule has 0 bridgehead atoms. The maximum Gasteiger partial charge on any atom is 0.135 e. The molecule has 0 saturated heterocycles. The molecule has 11 rings (SSSR count). The Morgan fingerprint density at radius 3 is 2.10 bits per heavy atom. The van der Waals surface area contributed by atoms with Gasteiger partial charge in [0.2, 0.25) is 0 Å². The molecular weight excluding hydrogens is 615 g/mol. The summed E-state index contributed by atoms with van der Waals surface area (Å²) in [5, 5.41) is 8.81. The molecule has 0 aliphatic heterocycles. The lowest BCUT2D eigenvalue weighted by Crippen LogP contribution is -1.94. The van der Waals surface area contributed by atoms with Crippen LogP contribution in [0.2, 0.25) is 0 Å². The van der Waals surface area contributed by atoms with Crippen LogP contribution in [0.1, 0.15) is 11.3 Å². The van der Waals surface area contributed by atoms with Gasteiger partial charge in [0.15, 0.2) is 0 Å². The maximum absolute atomic E-state index is 6.07. The van der Waals surface area contributed by atoms with Gasteiger partial charge in [-0.15, -0.1) is 11.3 Å². The second kappa shape index (κ2) is 9.70. The zero-order valence-electron chi connectivity index (χ0n) is 26.5. The molecule has 0 unspecified atom stereocenters. The molecule has 0 saturated carbocycles. The second-order valence-corrected chi connectivity index (χ2v) is 14.0. The molecule has 0 amide bonds. The summed E-state index contributed by atoms with van der Waals surface area (Å²) >= 11 is 1.86. The van der Waals surface area contributed by atoms with Crippen LogP contribution in [0.15, 0.2) is 145 Å². The van der Waals surface area contributed by atoms with Crippen molar-refractivity contribution in [2.24, 2.45) is 0 Å². The van der Waals surface area contributed by atoms with Crippen molar-refractivity contribution in [1.29, 1.82) is 0 Å². The molecule has 0 atom stereocenters. The largest absolute Gasteiger partial charge is 0.456 e. The van der Waals surface area contributed by atoms with Crippen LogP contribution >= 0.6 is 11.3 Å².